The molecule has 1 heterocycles. The van der Waals surface area contributed by atoms with E-state index in [9.17, 15) is 4.79 Å². The molecule has 1 aromatic heterocycles. The van der Waals surface area contributed by atoms with Gasteiger partial charge >= 0.3 is 0 Å². The van der Waals surface area contributed by atoms with Crippen LogP contribution in [0.4, 0.5) is 0 Å². The smallest absolute Gasteiger partial charge is 0.254 e. The van der Waals surface area contributed by atoms with Crippen molar-refractivity contribution in [2.45, 2.75) is 38.6 Å². The predicted molar refractivity (Wildman–Crippen MR) is 74.6 cm³/mol. The quantitative estimate of drug-likeness (QED) is 0.325. The Bertz CT molecular complexity index is 523. The molecule has 0 bridgehead atoms. The maximum Gasteiger partial charge on any atom is 0.254 e. The maximum absolute atomic E-state index is 12.3. The molecule has 2 unspecified atom stereocenters. The van der Waals surface area contributed by atoms with Gasteiger partial charge in [0.05, 0.1) is 11.3 Å². The zero-order chi connectivity index (χ0) is 14.7. The van der Waals surface area contributed by atoms with E-state index in [-0.39, 0.29) is 23.7 Å². The van der Waals surface area contributed by atoms with Crippen LogP contribution in [0.25, 0.3) is 0 Å². The monoisotopic (exact) mass is 279 g/mol. The van der Waals surface area contributed by atoms with Gasteiger partial charge in [0, 0.05) is 25.2 Å². The first-order chi connectivity index (χ1) is 9.56. The fourth-order valence-electron chi connectivity index (χ4n) is 2.79. The third-order valence-corrected chi connectivity index (χ3v) is 3.81. The fourth-order valence-corrected chi connectivity index (χ4v) is 2.79. The lowest BCUT2D eigenvalue weighted by atomic mass is 10.0. The summed E-state index contributed by atoms with van der Waals surface area (Å²) in [7, 11) is 1.80. The second-order valence-corrected chi connectivity index (χ2v) is 5.16. The Morgan fingerprint density at radius 2 is 2.40 bits per heavy atom. The number of amidine groups is 1. The molecule has 0 radical (unpaired) electrons. The lowest BCUT2D eigenvalue weighted by molar-refractivity contribution is 0.0932. The Kier molecular flexibility index (Phi) is 4.26. The van der Waals surface area contributed by atoms with Crippen LogP contribution in [-0.2, 0) is 13.5 Å². The highest BCUT2D eigenvalue weighted by atomic mass is 16.4. The molecule has 7 heteroatoms. The van der Waals surface area contributed by atoms with Crippen LogP contribution in [0.15, 0.2) is 11.4 Å². The van der Waals surface area contributed by atoms with Crippen molar-refractivity contribution in [1.82, 2.24) is 15.1 Å². The van der Waals surface area contributed by atoms with Crippen LogP contribution in [0.5, 0.6) is 0 Å². The molecule has 0 spiro atoms. The Labute approximate surface area is 117 Å². The van der Waals surface area contributed by atoms with E-state index in [1.165, 1.54) is 0 Å². The van der Waals surface area contributed by atoms with Crippen molar-refractivity contribution in [2.75, 3.05) is 0 Å². The van der Waals surface area contributed by atoms with Gasteiger partial charge in [0.15, 0.2) is 0 Å². The van der Waals surface area contributed by atoms with Crippen LogP contribution in [0.2, 0.25) is 0 Å². The lowest BCUT2D eigenvalue weighted by Gasteiger charge is -2.19. The van der Waals surface area contributed by atoms with E-state index in [0.29, 0.717) is 12.0 Å². The normalized spacial score (nSPS) is 23.0. The third-order valence-electron chi connectivity index (χ3n) is 3.81. The van der Waals surface area contributed by atoms with Gasteiger partial charge in [-0.2, -0.15) is 5.10 Å². The highest BCUT2D eigenvalue weighted by Crippen LogP contribution is 2.26. The Morgan fingerprint density at radius 1 is 1.65 bits per heavy atom. The zero-order valence-electron chi connectivity index (χ0n) is 11.8. The Morgan fingerprint density at radius 3 is 3.05 bits per heavy atom. The van der Waals surface area contributed by atoms with E-state index in [1.807, 2.05) is 6.92 Å². The molecule has 20 heavy (non-hydrogen) atoms. The molecule has 7 nitrogen and oxygen atoms in total. The van der Waals surface area contributed by atoms with E-state index in [2.05, 4.69) is 15.6 Å². The van der Waals surface area contributed by atoms with E-state index < -0.39 is 0 Å². The second-order valence-electron chi connectivity index (χ2n) is 5.16. The number of hydrogen-bond acceptors (Lipinski definition) is 4. The lowest BCUT2D eigenvalue weighted by Crippen LogP contribution is -2.42. The minimum absolute atomic E-state index is 0.0803. The van der Waals surface area contributed by atoms with E-state index >= 15 is 0 Å². The first-order valence-electron chi connectivity index (χ1n) is 6.87. The van der Waals surface area contributed by atoms with Crippen molar-refractivity contribution in [3.63, 3.8) is 0 Å². The molecular weight excluding hydrogens is 258 g/mol. The number of aryl methyl sites for hydroxylation is 2. The summed E-state index contributed by atoms with van der Waals surface area (Å²) >= 11 is 0. The summed E-state index contributed by atoms with van der Waals surface area (Å²) < 4.78 is 1.64. The number of oxime groups is 1. The topological polar surface area (TPSA) is 106 Å². The molecule has 0 saturated heterocycles. The molecule has 1 fully saturated rings. The van der Waals surface area contributed by atoms with Crippen molar-refractivity contribution < 1.29 is 10.0 Å². The summed E-state index contributed by atoms with van der Waals surface area (Å²) in [5.74, 6) is -0.0435. The number of nitrogens with one attached hydrogen (secondary N) is 1. The van der Waals surface area contributed by atoms with Gasteiger partial charge in [-0.3, -0.25) is 9.48 Å². The number of amides is 1. The van der Waals surface area contributed by atoms with Gasteiger partial charge in [0.1, 0.15) is 5.84 Å². The highest BCUT2D eigenvalue weighted by Gasteiger charge is 2.32. The Hall–Kier alpha value is -2.05. The van der Waals surface area contributed by atoms with Crippen molar-refractivity contribution in [3.8, 4) is 0 Å². The highest BCUT2D eigenvalue weighted by molar-refractivity contribution is 5.96. The molecule has 1 saturated carbocycles. The van der Waals surface area contributed by atoms with Crippen molar-refractivity contribution >= 4 is 11.7 Å². The van der Waals surface area contributed by atoms with Gasteiger partial charge in [-0.1, -0.05) is 18.5 Å². The van der Waals surface area contributed by atoms with E-state index in [1.54, 1.807) is 17.9 Å². The largest absolute Gasteiger partial charge is 0.409 e. The predicted octanol–water partition coefficient (Wildman–Crippen LogP) is 0.627. The van der Waals surface area contributed by atoms with Crippen LogP contribution in [-0.4, -0.2) is 32.8 Å². The molecule has 1 aliphatic carbocycles. The minimum atomic E-state index is -0.141. The summed E-state index contributed by atoms with van der Waals surface area (Å²) in [5, 5.41) is 19.1. The summed E-state index contributed by atoms with van der Waals surface area (Å²) in [6.07, 6.45) is 5.06. The first kappa shape index (κ1) is 14.4. The molecule has 1 aromatic rings. The van der Waals surface area contributed by atoms with Crippen molar-refractivity contribution in [3.05, 3.63) is 17.5 Å². The third kappa shape index (κ3) is 2.76. The van der Waals surface area contributed by atoms with Crippen LogP contribution < -0.4 is 11.1 Å². The van der Waals surface area contributed by atoms with Gasteiger partial charge in [0.25, 0.3) is 5.91 Å². The molecule has 1 amide bonds. The number of aromatic nitrogens is 2. The maximum atomic E-state index is 12.3. The average Bonchev–Trinajstić information content (AvgIpc) is 3.04. The molecule has 4 N–H and O–H groups in total. The van der Waals surface area contributed by atoms with Crippen molar-refractivity contribution in [1.29, 1.82) is 0 Å². The summed E-state index contributed by atoms with van der Waals surface area (Å²) in [5.41, 5.74) is 7.05. The number of hydrogen-bond donors (Lipinski definition) is 3. The van der Waals surface area contributed by atoms with Gasteiger partial charge in [-0.05, 0) is 19.3 Å². The average molecular weight is 279 g/mol. The van der Waals surface area contributed by atoms with Crippen molar-refractivity contribution in [2.24, 2.45) is 23.9 Å². The van der Waals surface area contributed by atoms with E-state index in [0.717, 1.165) is 25.0 Å². The van der Waals surface area contributed by atoms with Crippen LogP contribution >= 0.6 is 0 Å². The summed E-state index contributed by atoms with van der Waals surface area (Å²) in [6, 6.07) is -0.0803. The van der Waals surface area contributed by atoms with E-state index in [4.69, 9.17) is 10.9 Å². The van der Waals surface area contributed by atoms with Crippen LogP contribution in [0.3, 0.4) is 0 Å². The van der Waals surface area contributed by atoms with Gasteiger partial charge < -0.3 is 16.3 Å². The molecule has 1 aliphatic rings. The SMILES string of the molecule is CCc1nn(C)cc1C(=O)NC1CCCC1/C(N)=N/O. The first-order valence-corrected chi connectivity index (χ1v) is 6.87. The zero-order valence-corrected chi connectivity index (χ0v) is 11.8. The van der Waals surface area contributed by atoms with Gasteiger partial charge in [-0.15, -0.1) is 0 Å². The molecule has 2 atom stereocenters. The molecular formula is C13H21N5O2. The van der Waals surface area contributed by atoms with Crippen LogP contribution in [0, 0.1) is 5.92 Å². The molecule has 2 rings (SSSR count). The summed E-state index contributed by atoms with van der Waals surface area (Å²) in [6.45, 7) is 1.97. The number of carbonyl (C=O) groups excluding carboxylic acids is 1. The van der Waals surface area contributed by atoms with Crippen LogP contribution in [0.1, 0.15) is 42.2 Å². The number of carbonyl (C=O) groups is 1. The molecule has 0 aliphatic heterocycles. The van der Waals surface area contributed by atoms with Gasteiger partial charge in [0.2, 0.25) is 0 Å². The standard InChI is InChI=1S/C13H21N5O2/c1-3-10-9(7-18(2)16-10)13(19)15-11-6-4-5-8(11)12(14)17-20/h7-8,11,20H,3-6H2,1-2H3,(H2,14,17)(H,15,19). The fraction of sp³-hybridized carbons (Fsp3) is 0.615. The number of rotatable bonds is 4. The molecule has 0 aromatic carbocycles. The van der Waals surface area contributed by atoms with Gasteiger partial charge in [-0.25, -0.2) is 0 Å². The Balaban J connectivity index is 2.11. The number of nitrogens with two attached hydrogens (primary N) is 1. The molecule has 110 valence electrons. The number of nitrogens with zero attached hydrogens (tertiary/aromatic N) is 3. The summed E-state index contributed by atoms with van der Waals surface area (Å²) in [4.78, 5) is 12.3. The second kappa shape index (κ2) is 5.94. The minimum Gasteiger partial charge on any atom is -0.409 e.